The summed E-state index contributed by atoms with van der Waals surface area (Å²) >= 11 is 0. The zero-order chi connectivity index (χ0) is 12.4. The number of fused-ring (bicyclic) bond motifs is 1. The van der Waals surface area contributed by atoms with Crippen molar-refractivity contribution in [2.75, 3.05) is 12.4 Å². The molecular formula is C13H13N5. The van der Waals surface area contributed by atoms with E-state index in [-0.39, 0.29) is 0 Å². The SMILES string of the molecule is CNc1cnc(Cn2ncc3ccccc32)cn1. The summed E-state index contributed by atoms with van der Waals surface area (Å²) in [5.41, 5.74) is 2.00. The van der Waals surface area contributed by atoms with Crippen molar-refractivity contribution >= 4 is 16.7 Å². The maximum atomic E-state index is 4.37. The molecule has 90 valence electrons. The van der Waals surface area contributed by atoms with E-state index in [4.69, 9.17) is 0 Å². The van der Waals surface area contributed by atoms with Crippen molar-refractivity contribution < 1.29 is 0 Å². The molecule has 5 heteroatoms. The van der Waals surface area contributed by atoms with Gasteiger partial charge in [0.05, 0.1) is 36.3 Å². The lowest BCUT2D eigenvalue weighted by molar-refractivity contribution is 0.693. The van der Waals surface area contributed by atoms with Crippen molar-refractivity contribution in [2.24, 2.45) is 0 Å². The van der Waals surface area contributed by atoms with Gasteiger partial charge in [-0.15, -0.1) is 0 Å². The highest BCUT2D eigenvalue weighted by atomic mass is 15.3. The number of aromatic nitrogens is 4. The van der Waals surface area contributed by atoms with E-state index in [1.165, 1.54) is 0 Å². The van der Waals surface area contributed by atoms with E-state index in [1.54, 1.807) is 12.4 Å². The lowest BCUT2D eigenvalue weighted by atomic mass is 10.2. The Labute approximate surface area is 104 Å². The van der Waals surface area contributed by atoms with Gasteiger partial charge in [0.2, 0.25) is 0 Å². The van der Waals surface area contributed by atoms with Crippen molar-refractivity contribution in [3.8, 4) is 0 Å². The Balaban J connectivity index is 1.91. The molecule has 2 aromatic heterocycles. The molecule has 0 unspecified atom stereocenters. The molecule has 18 heavy (non-hydrogen) atoms. The van der Waals surface area contributed by atoms with Crippen LogP contribution >= 0.6 is 0 Å². The van der Waals surface area contributed by atoms with E-state index in [0.29, 0.717) is 6.54 Å². The molecule has 3 rings (SSSR count). The normalized spacial score (nSPS) is 10.7. The second-order valence-electron chi connectivity index (χ2n) is 4.00. The van der Waals surface area contributed by atoms with E-state index < -0.39 is 0 Å². The summed E-state index contributed by atoms with van der Waals surface area (Å²) < 4.78 is 1.93. The molecule has 0 atom stereocenters. The lowest BCUT2D eigenvalue weighted by Gasteiger charge is -2.04. The molecule has 5 nitrogen and oxygen atoms in total. The minimum absolute atomic E-state index is 0.629. The van der Waals surface area contributed by atoms with Crippen molar-refractivity contribution in [1.29, 1.82) is 0 Å². The quantitative estimate of drug-likeness (QED) is 0.758. The molecule has 0 saturated carbocycles. The van der Waals surface area contributed by atoms with E-state index in [1.807, 2.05) is 30.1 Å². The number of rotatable bonds is 3. The first-order valence-electron chi connectivity index (χ1n) is 5.76. The molecule has 0 fully saturated rings. The Kier molecular flexibility index (Phi) is 2.64. The van der Waals surface area contributed by atoms with Crippen LogP contribution in [0.3, 0.4) is 0 Å². The first-order valence-corrected chi connectivity index (χ1v) is 5.76. The molecule has 0 bridgehead atoms. The Morgan fingerprint density at radius 3 is 2.78 bits per heavy atom. The number of benzene rings is 1. The zero-order valence-electron chi connectivity index (χ0n) is 10.0. The van der Waals surface area contributed by atoms with Gasteiger partial charge in [0, 0.05) is 12.4 Å². The maximum Gasteiger partial charge on any atom is 0.144 e. The number of anilines is 1. The van der Waals surface area contributed by atoms with Gasteiger partial charge in [0.1, 0.15) is 5.82 Å². The topological polar surface area (TPSA) is 55.6 Å². The van der Waals surface area contributed by atoms with Crippen LogP contribution in [0.15, 0.2) is 42.9 Å². The van der Waals surface area contributed by atoms with Crippen molar-refractivity contribution in [2.45, 2.75) is 6.54 Å². The fraction of sp³-hybridized carbons (Fsp3) is 0.154. The number of hydrogen-bond donors (Lipinski definition) is 1. The van der Waals surface area contributed by atoms with Crippen LogP contribution in [0.5, 0.6) is 0 Å². The summed E-state index contributed by atoms with van der Waals surface area (Å²) in [6, 6.07) is 8.12. The monoisotopic (exact) mass is 239 g/mol. The second-order valence-corrected chi connectivity index (χ2v) is 4.00. The average molecular weight is 239 g/mol. The number of nitrogens with zero attached hydrogens (tertiary/aromatic N) is 4. The van der Waals surface area contributed by atoms with Crippen LogP contribution in [-0.2, 0) is 6.54 Å². The van der Waals surface area contributed by atoms with Gasteiger partial charge in [-0.3, -0.25) is 9.67 Å². The molecule has 1 aromatic carbocycles. The Hall–Kier alpha value is -2.43. The minimum Gasteiger partial charge on any atom is -0.372 e. The van der Waals surface area contributed by atoms with Gasteiger partial charge in [-0.05, 0) is 6.07 Å². The fourth-order valence-corrected chi connectivity index (χ4v) is 1.87. The van der Waals surface area contributed by atoms with E-state index in [9.17, 15) is 0 Å². The van der Waals surface area contributed by atoms with Crippen molar-refractivity contribution in [3.05, 3.63) is 48.5 Å². The smallest absolute Gasteiger partial charge is 0.144 e. The first kappa shape index (κ1) is 10.7. The lowest BCUT2D eigenvalue weighted by Crippen LogP contribution is -2.04. The van der Waals surface area contributed by atoms with Crippen LogP contribution in [0.1, 0.15) is 5.69 Å². The van der Waals surface area contributed by atoms with E-state index in [2.05, 4.69) is 32.5 Å². The van der Waals surface area contributed by atoms with Crippen molar-refractivity contribution in [3.63, 3.8) is 0 Å². The molecule has 2 heterocycles. The van der Waals surface area contributed by atoms with Gasteiger partial charge >= 0.3 is 0 Å². The van der Waals surface area contributed by atoms with Gasteiger partial charge < -0.3 is 5.32 Å². The number of para-hydroxylation sites is 1. The molecule has 0 saturated heterocycles. The molecule has 0 aliphatic carbocycles. The molecular weight excluding hydrogens is 226 g/mol. The third-order valence-electron chi connectivity index (χ3n) is 2.82. The Morgan fingerprint density at radius 1 is 1.11 bits per heavy atom. The van der Waals surface area contributed by atoms with Gasteiger partial charge in [-0.1, -0.05) is 18.2 Å². The van der Waals surface area contributed by atoms with Gasteiger partial charge in [-0.25, -0.2) is 4.98 Å². The summed E-state index contributed by atoms with van der Waals surface area (Å²) in [5.74, 6) is 0.768. The highest BCUT2D eigenvalue weighted by Crippen LogP contribution is 2.13. The van der Waals surface area contributed by atoms with Crippen LogP contribution in [0.4, 0.5) is 5.82 Å². The molecule has 0 spiro atoms. The summed E-state index contributed by atoms with van der Waals surface area (Å²) in [4.78, 5) is 8.59. The summed E-state index contributed by atoms with van der Waals surface area (Å²) in [6.07, 6.45) is 5.36. The Morgan fingerprint density at radius 2 is 2.00 bits per heavy atom. The van der Waals surface area contributed by atoms with Crippen LogP contribution in [0.25, 0.3) is 10.9 Å². The summed E-state index contributed by atoms with van der Waals surface area (Å²) in [6.45, 7) is 0.629. The van der Waals surface area contributed by atoms with E-state index in [0.717, 1.165) is 22.4 Å². The molecule has 0 aliphatic rings. The predicted molar refractivity (Wildman–Crippen MR) is 70.4 cm³/mol. The standard InChI is InChI=1S/C13H13N5/c1-14-13-8-15-11(7-16-13)9-18-12-5-3-2-4-10(12)6-17-18/h2-8H,9H2,1H3,(H,14,16). The zero-order valence-corrected chi connectivity index (χ0v) is 10.0. The van der Waals surface area contributed by atoms with Gasteiger partial charge in [0.15, 0.2) is 0 Å². The highest BCUT2D eigenvalue weighted by Gasteiger charge is 2.03. The predicted octanol–water partition coefficient (Wildman–Crippen LogP) is 1.92. The minimum atomic E-state index is 0.629. The number of hydrogen-bond acceptors (Lipinski definition) is 4. The largest absolute Gasteiger partial charge is 0.372 e. The maximum absolute atomic E-state index is 4.37. The van der Waals surface area contributed by atoms with Crippen LogP contribution < -0.4 is 5.32 Å². The van der Waals surface area contributed by atoms with Crippen molar-refractivity contribution in [1.82, 2.24) is 19.7 Å². The number of nitrogens with one attached hydrogen (secondary N) is 1. The summed E-state index contributed by atoms with van der Waals surface area (Å²) in [7, 11) is 1.82. The van der Waals surface area contributed by atoms with E-state index >= 15 is 0 Å². The molecule has 0 aliphatic heterocycles. The Bertz CT molecular complexity index is 656. The second kappa shape index (κ2) is 4.44. The van der Waals surface area contributed by atoms with Gasteiger partial charge in [-0.2, -0.15) is 5.10 Å². The van der Waals surface area contributed by atoms with Crippen LogP contribution in [0.2, 0.25) is 0 Å². The first-order chi connectivity index (χ1) is 8.86. The van der Waals surface area contributed by atoms with Crippen LogP contribution in [-0.4, -0.2) is 26.8 Å². The molecule has 3 aromatic rings. The molecule has 0 amide bonds. The van der Waals surface area contributed by atoms with Crippen LogP contribution in [0, 0.1) is 0 Å². The summed E-state index contributed by atoms with van der Waals surface area (Å²) in [5, 5.41) is 8.45. The average Bonchev–Trinajstić information content (AvgIpc) is 2.83. The van der Waals surface area contributed by atoms with Gasteiger partial charge in [0.25, 0.3) is 0 Å². The highest BCUT2D eigenvalue weighted by molar-refractivity contribution is 5.78. The molecule has 1 N–H and O–H groups in total. The third-order valence-corrected chi connectivity index (χ3v) is 2.82. The third kappa shape index (κ3) is 1.90. The fourth-order valence-electron chi connectivity index (χ4n) is 1.87. The molecule has 0 radical (unpaired) electrons.